The Bertz CT molecular complexity index is 370. The van der Waals surface area contributed by atoms with Crippen LogP contribution in [0.4, 0.5) is 5.82 Å². The molecule has 0 aliphatic carbocycles. The molecule has 2 aromatic rings. The minimum atomic E-state index is 0.865. The van der Waals surface area contributed by atoms with Crippen molar-refractivity contribution in [1.82, 2.24) is 19.9 Å². The van der Waals surface area contributed by atoms with Crippen molar-refractivity contribution in [3.05, 3.63) is 36.8 Å². The molecule has 78 valence electrons. The number of imidazole rings is 1. The topological polar surface area (TPSA) is 66.5 Å². The largest absolute Gasteiger partial charge is 0.370 e. The standard InChI is InChI=1S/C10H13N5/c1(2-9-13-6-7-14-9)4-12-10-3-5-11-8-15-10/h3,5-8H,1-2,4H2,(H,13,14)(H,11,12,15). The second kappa shape index (κ2) is 5.09. The molecule has 0 aliphatic rings. The Kier molecular flexibility index (Phi) is 3.27. The number of aromatic amines is 1. The number of nitrogens with zero attached hydrogens (tertiary/aromatic N) is 3. The maximum absolute atomic E-state index is 4.15. The predicted octanol–water partition coefficient (Wildman–Crippen LogP) is 1.24. The number of nitrogens with one attached hydrogen (secondary N) is 2. The first-order valence-corrected chi connectivity index (χ1v) is 4.93. The van der Waals surface area contributed by atoms with Crippen molar-refractivity contribution in [3.8, 4) is 0 Å². The highest BCUT2D eigenvalue weighted by Gasteiger charge is 1.95. The van der Waals surface area contributed by atoms with Crippen LogP contribution < -0.4 is 5.32 Å². The second-order valence-corrected chi connectivity index (χ2v) is 3.16. The van der Waals surface area contributed by atoms with E-state index >= 15 is 0 Å². The van der Waals surface area contributed by atoms with Gasteiger partial charge in [-0.3, -0.25) is 0 Å². The molecule has 0 unspecified atom stereocenters. The van der Waals surface area contributed by atoms with Crippen LogP contribution in [0.3, 0.4) is 0 Å². The zero-order valence-electron chi connectivity index (χ0n) is 8.35. The molecular formula is C10H13N5. The zero-order chi connectivity index (χ0) is 10.3. The summed E-state index contributed by atoms with van der Waals surface area (Å²) in [6.45, 7) is 0.887. The maximum Gasteiger partial charge on any atom is 0.129 e. The summed E-state index contributed by atoms with van der Waals surface area (Å²) in [7, 11) is 0. The van der Waals surface area contributed by atoms with E-state index in [0.29, 0.717) is 0 Å². The van der Waals surface area contributed by atoms with E-state index in [9.17, 15) is 0 Å². The van der Waals surface area contributed by atoms with Gasteiger partial charge in [0, 0.05) is 31.6 Å². The summed E-state index contributed by atoms with van der Waals surface area (Å²) in [5.41, 5.74) is 0. The molecule has 0 atom stereocenters. The molecule has 5 heteroatoms. The predicted molar refractivity (Wildman–Crippen MR) is 57.4 cm³/mol. The van der Waals surface area contributed by atoms with Gasteiger partial charge >= 0.3 is 0 Å². The van der Waals surface area contributed by atoms with E-state index in [0.717, 1.165) is 31.0 Å². The van der Waals surface area contributed by atoms with Gasteiger partial charge in [-0.1, -0.05) is 0 Å². The monoisotopic (exact) mass is 203 g/mol. The van der Waals surface area contributed by atoms with Crippen LogP contribution in [-0.4, -0.2) is 26.5 Å². The molecule has 0 amide bonds. The molecule has 0 aromatic carbocycles. The molecule has 2 N–H and O–H groups in total. The number of aromatic nitrogens is 4. The zero-order valence-corrected chi connectivity index (χ0v) is 8.35. The summed E-state index contributed by atoms with van der Waals surface area (Å²) >= 11 is 0. The average Bonchev–Trinajstić information content (AvgIpc) is 2.79. The molecule has 0 saturated carbocycles. The lowest BCUT2D eigenvalue weighted by Crippen LogP contribution is -2.04. The Hall–Kier alpha value is -1.91. The summed E-state index contributed by atoms with van der Waals surface area (Å²) in [5, 5.41) is 3.21. The van der Waals surface area contributed by atoms with Gasteiger partial charge in [0.2, 0.25) is 0 Å². The molecule has 15 heavy (non-hydrogen) atoms. The van der Waals surface area contributed by atoms with E-state index < -0.39 is 0 Å². The van der Waals surface area contributed by atoms with Crippen molar-refractivity contribution in [2.24, 2.45) is 0 Å². The molecule has 5 nitrogen and oxygen atoms in total. The molecule has 0 spiro atoms. The minimum Gasteiger partial charge on any atom is -0.370 e. The Morgan fingerprint density at radius 1 is 1.27 bits per heavy atom. The van der Waals surface area contributed by atoms with Crippen LogP contribution in [0.1, 0.15) is 12.2 Å². The summed E-state index contributed by atoms with van der Waals surface area (Å²) in [6, 6.07) is 1.85. The minimum absolute atomic E-state index is 0.865. The highest BCUT2D eigenvalue weighted by Crippen LogP contribution is 1.99. The smallest absolute Gasteiger partial charge is 0.129 e. The lowest BCUT2D eigenvalue weighted by atomic mass is 10.3. The highest BCUT2D eigenvalue weighted by atomic mass is 15.0. The fraction of sp³-hybridized carbons (Fsp3) is 0.300. The van der Waals surface area contributed by atoms with Gasteiger partial charge in [0.15, 0.2) is 0 Å². The maximum atomic E-state index is 4.15. The van der Waals surface area contributed by atoms with E-state index in [-0.39, 0.29) is 0 Å². The molecule has 0 bridgehead atoms. The van der Waals surface area contributed by atoms with Crippen LogP contribution in [-0.2, 0) is 6.42 Å². The molecule has 2 heterocycles. The number of rotatable bonds is 5. The van der Waals surface area contributed by atoms with Gasteiger partial charge in [0.05, 0.1) is 0 Å². The van der Waals surface area contributed by atoms with E-state index in [2.05, 4.69) is 25.3 Å². The third-order valence-electron chi connectivity index (χ3n) is 2.03. The van der Waals surface area contributed by atoms with Crippen molar-refractivity contribution < 1.29 is 0 Å². The first kappa shape index (κ1) is 9.64. The highest BCUT2D eigenvalue weighted by molar-refractivity contribution is 5.31. The first-order valence-electron chi connectivity index (χ1n) is 4.93. The van der Waals surface area contributed by atoms with E-state index in [4.69, 9.17) is 0 Å². The van der Waals surface area contributed by atoms with Gasteiger partial charge in [-0.05, 0) is 12.5 Å². The number of hydrogen-bond donors (Lipinski definition) is 2. The Balaban J connectivity index is 1.68. The van der Waals surface area contributed by atoms with E-state index in [1.807, 2.05) is 12.3 Å². The molecule has 2 rings (SSSR count). The second-order valence-electron chi connectivity index (χ2n) is 3.16. The van der Waals surface area contributed by atoms with Gasteiger partial charge in [-0.25, -0.2) is 15.0 Å². The Morgan fingerprint density at radius 3 is 3.00 bits per heavy atom. The quantitative estimate of drug-likeness (QED) is 0.717. The van der Waals surface area contributed by atoms with Crippen LogP contribution in [0.5, 0.6) is 0 Å². The first-order chi connectivity index (χ1) is 7.45. The van der Waals surface area contributed by atoms with Gasteiger partial charge in [-0.2, -0.15) is 0 Å². The molecule has 2 aromatic heterocycles. The van der Waals surface area contributed by atoms with E-state index in [1.54, 1.807) is 12.4 Å². The van der Waals surface area contributed by atoms with Crippen molar-refractivity contribution in [2.75, 3.05) is 11.9 Å². The fourth-order valence-corrected chi connectivity index (χ4v) is 1.30. The van der Waals surface area contributed by atoms with Crippen LogP contribution in [0.2, 0.25) is 0 Å². The fourth-order valence-electron chi connectivity index (χ4n) is 1.30. The molecule has 0 aliphatic heterocycles. The summed E-state index contributed by atoms with van der Waals surface area (Å²) in [6.07, 6.45) is 8.85. The van der Waals surface area contributed by atoms with Crippen molar-refractivity contribution >= 4 is 5.82 Å². The Morgan fingerprint density at radius 2 is 2.27 bits per heavy atom. The average molecular weight is 203 g/mol. The van der Waals surface area contributed by atoms with Gasteiger partial charge in [0.25, 0.3) is 0 Å². The van der Waals surface area contributed by atoms with Crippen molar-refractivity contribution in [2.45, 2.75) is 12.8 Å². The summed E-state index contributed by atoms with van der Waals surface area (Å²) in [5.74, 6) is 1.89. The third-order valence-corrected chi connectivity index (χ3v) is 2.03. The van der Waals surface area contributed by atoms with Crippen molar-refractivity contribution in [3.63, 3.8) is 0 Å². The number of aryl methyl sites for hydroxylation is 1. The number of H-pyrrole nitrogens is 1. The third kappa shape index (κ3) is 3.05. The van der Waals surface area contributed by atoms with Crippen LogP contribution in [0, 0.1) is 0 Å². The summed E-state index contributed by atoms with van der Waals surface area (Å²) < 4.78 is 0. The van der Waals surface area contributed by atoms with Gasteiger partial charge in [0.1, 0.15) is 18.0 Å². The lowest BCUT2D eigenvalue weighted by Gasteiger charge is -2.03. The number of anilines is 1. The van der Waals surface area contributed by atoms with E-state index in [1.165, 1.54) is 6.33 Å². The summed E-state index contributed by atoms with van der Waals surface area (Å²) in [4.78, 5) is 15.1. The molecule has 0 saturated heterocycles. The van der Waals surface area contributed by atoms with Gasteiger partial charge in [-0.15, -0.1) is 0 Å². The lowest BCUT2D eigenvalue weighted by molar-refractivity contribution is 0.813. The molecule has 0 radical (unpaired) electrons. The van der Waals surface area contributed by atoms with Crippen molar-refractivity contribution in [1.29, 1.82) is 0 Å². The molecular weight excluding hydrogens is 190 g/mol. The Labute approximate surface area is 88.0 Å². The van der Waals surface area contributed by atoms with Crippen LogP contribution in [0.15, 0.2) is 31.0 Å². The molecule has 0 fully saturated rings. The van der Waals surface area contributed by atoms with Gasteiger partial charge < -0.3 is 10.3 Å². The van der Waals surface area contributed by atoms with Crippen LogP contribution >= 0.6 is 0 Å². The normalized spacial score (nSPS) is 10.1. The SMILES string of the molecule is c1cc(NCCCc2ncc[nH]2)ncn1. The number of hydrogen-bond acceptors (Lipinski definition) is 4. The van der Waals surface area contributed by atoms with Crippen LogP contribution in [0.25, 0.3) is 0 Å².